The summed E-state index contributed by atoms with van der Waals surface area (Å²) in [5, 5.41) is 4.24. The van der Waals surface area contributed by atoms with Gasteiger partial charge in [-0.15, -0.1) is 0 Å². The second-order valence-corrected chi connectivity index (χ2v) is 8.13. The Labute approximate surface area is 145 Å². The largest absolute Gasteiger partial charge is 0.340 e. The van der Waals surface area contributed by atoms with Crippen molar-refractivity contribution >= 4 is 21.6 Å². The number of aryl methyl sites for hydroxylation is 1. The van der Waals surface area contributed by atoms with Crippen LogP contribution in [0.4, 0.5) is 0 Å². The van der Waals surface area contributed by atoms with E-state index in [1.807, 2.05) is 0 Å². The number of halogens is 1. The second-order valence-electron chi connectivity index (χ2n) is 6.06. The molecule has 3 rings (SSSR count). The van der Waals surface area contributed by atoms with Crippen LogP contribution >= 0.6 is 11.6 Å². The number of aromatic nitrogens is 3. The van der Waals surface area contributed by atoms with Gasteiger partial charge in [0.25, 0.3) is 0 Å². The Hall–Kier alpha value is -1.51. The van der Waals surface area contributed by atoms with Crippen LogP contribution in [0.3, 0.4) is 0 Å². The molecule has 1 aliphatic rings. The minimum Gasteiger partial charge on any atom is -0.340 e. The van der Waals surface area contributed by atoms with Crippen LogP contribution in [0.5, 0.6) is 0 Å². The van der Waals surface area contributed by atoms with Gasteiger partial charge in [-0.3, -0.25) is 0 Å². The van der Waals surface area contributed by atoms with Crippen LogP contribution in [-0.4, -0.2) is 23.5 Å². The van der Waals surface area contributed by atoms with Crippen molar-refractivity contribution in [1.82, 2.24) is 19.8 Å². The third kappa shape index (κ3) is 3.60. The normalized spacial score (nSPS) is 18.2. The van der Waals surface area contributed by atoms with Gasteiger partial charge in [-0.1, -0.05) is 42.4 Å². The van der Waals surface area contributed by atoms with Gasteiger partial charge in [-0.05, 0) is 25.0 Å². The van der Waals surface area contributed by atoms with Gasteiger partial charge in [-0.25, -0.2) is 13.4 Å². The van der Waals surface area contributed by atoms with E-state index in [-0.39, 0.29) is 10.0 Å². The number of nitrogens with zero attached hydrogens (tertiary/aromatic N) is 3. The molecule has 7 nitrogen and oxygen atoms in total. The van der Waals surface area contributed by atoms with Crippen molar-refractivity contribution in [2.24, 2.45) is 0 Å². The Balaban J connectivity index is 1.98. The van der Waals surface area contributed by atoms with E-state index in [2.05, 4.69) is 19.8 Å². The molecular formula is C15H19ClN4O3S. The topological polar surface area (TPSA) is 98.0 Å². The first-order chi connectivity index (χ1) is 11.4. The fourth-order valence-electron chi connectivity index (χ4n) is 3.03. The fraction of sp³-hybridized carbons (Fsp3) is 0.533. The van der Waals surface area contributed by atoms with E-state index in [4.69, 9.17) is 16.1 Å². The summed E-state index contributed by atoms with van der Waals surface area (Å²) >= 11 is 5.74. The SMILES string of the molecule is Cc1nc(C2(NS(=O)(=O)c3ccc(Cl)nc3)CCCCCC2)no1. The number of pyridine rings is 1. The van der Waals surface area contributed by atoms with Crippen molar-refractivity contribution in [3.05, 3.63) is 35.2 Å². The fourth-order valence-corrected chi connectivity index (χ4v) is 4.51. The number of rotatable bonds is 4. The molecule has 0 spiro atoms. The molecule has 0 unspecified atom stereocenters. The van der Waals surface area contributed by atoms with Gasteiger partial charge in [0, 0.05) is 13.1 Å². The van der Waals surface area contributed by atoms with Crippen molar-refractivity contribution in [1.29, 1.82) is 0 Å². The van der Waals surface area contributed by atoms with E-state index in [0.29, 0.717) is 24.6 Å². The summed E-state index contributed by atoms with van der Waals surface area (Å²) in [6.07, 6.45) is 6.42. The zero-order valence-corrected chi connectivity index (χ0v) is 14.9. The molecule has 0 atom stereocenters. The second kappa shape index (κ2) is 6.78. The van der Waals surface area contributed by atoms with E-state index >= 15 is 0 Å². The molecule has 0 aromatic carbocycles. The highest BCUT2D eigenvalue weighted by Gasteiger charge is 2.41. The smallest absolute Gasteiger partial charge is 0.243 e. The van der Waals surface area contributed by atoms with E-state index in [0.717, 1.165) is 25.7 Å². The maximum Gasteiger partial charge on any atom is 0.243 e. The van der Waals surface area contributed by atoms with Crippen LogP contribution in [-0.2, 0) is 15.6 Å². The molecule has 24 heavy (non-hydrogen) atoms. The highest BCUT2D eigenvalue weighted by Crippen LogP contribution is 2.36. The first kappa shape index (κ1) is 17.3. The molecule has 0 aliphatic heterocycles. The van der Waals surface area contributed by atoms with Crippen LogP contribution in [0.1, 0.15) is 50.2 Å². The van der Waals surface area contributed by atoms with E-state index in [1.165, 1.54) is 18.3 Å². The lowest BCUT2D eigenvalue weighted by molar-refractivity contribution is 0.301. The molecule has 1 N–H and O–H groups in total. The predicted molar refractivity (Wildman–Crippen MR) is 88.0 cm³/mol. The van der Waals surface area contributed by atoms with Crippen LogP contribution < -0.4 is 4.72 Å². The number of hydrogen-bond acceptors (Lipinski definition) is 6. The monoisotopic (exact) mass is 370 g/mol. The van der Waals surface area contributed by atoms with Gasteiger partial charge in [0.15, 0.2) is 5.82 Å². The van der Waals surface area contributed by atoms with Crippen molar-refractivity contribution in [2.75, 3.05) is 0 Å². The van der Waals surface area contributed by atoms with E-state index < -0.39 is 15.6 Å². The van der Waals surface area contributed by atoms with E-state index in [1.54, 1.807) is 6.92 Å². The lowest BCUT2D eigenvalue weighted by atomic mass is 9.91. The average molecular weight is 371 g/mol. The molecular weight excluding hydrogens is 352 g/mol. The van der Waals surface area contributed by atoms with Crippen molar-refractivity contribution in [3.8, 4) is 0 Å². The molecule has 2 aromatic heterocycles. The number of sulfonamides is 1. The molecule has 9 heteroatoms. The number of hydrogen-bond donors (Lipinski definition) is 1. The van der Waals surface area contributed by atoms with Gasteiger partial charge >= 0.3 is 0 Å². The third-order valence-corrected chi connectivity index (χ3v) is 6.00. The predicted octanol–water partition coefficient (Wildman–Crippen LogP) is 2.95. The summed E-state index contributed by atoms with van der Waals surface area (Å²) in [6.45, 7) is 1.69. The zero-order chi connectivity index (χ0) is 17.2. The Bertz CT molecular complexity index is 796. The molecule has 0 radical (unpaired) electrons. The van der Waals surface area contributed by atoms with E-state index in [9.17, 15) is 8.42 Å². The molecule has 1 fully saturated rings. The Morgan fingerprint density at radius 3 is 2.46 bits per heavy atom. The van der Waals surface area contributed by atoms with Gasteiger partial charge in [0.2, 0.25) is 15.9 Å². The summed E-state index contributed by atoms with van der Waals surface area (Å²) < 4.78 is 33.6. The third-order valence-electron chi connectivity index (χ3n) is 4.25. The Kier molecular flexibility index (Phi) is 4.89. The summed E-state index contributed by atoms with van der Waals surface area (Å²) in [7, 11) is -3.78. The molecule has 1 aliphatic carbocycles. The average Bonchev–Trinajstić information content (AvgIpc) is 2.84. The van der Waals surface area contributed by atoms with Crippen molar-refractivity contribution < 1.29 is 12.9 Å². The van der Waals surface area contributed by atoms with Crippen LogP contribution in [0.25, 0.3) is 0 Å². The minimum atomic E-state index is -3.78. The van der Waals surface area contributed by atoms with Gasteiger partial charge in [0.05, 0.1) is 5.54 Å². The first-order valence-electron chi connectivity index (χ1n) is 7.88. The highest BCUT2D eigenvalue weighted by molar-refractivity contribution is 7.89. The summed E-state index contributed by atoms with van der Waals surface area (Å²) in [5.41, 5.74) is -0.854. The minimum absolute atomic E-state index is 0.0655. The van der Waals surface area contributed by atoms with Gasteiger partial charge in [0.1, 0.15) is 10.0 Å². The first-order valence-corrected chi connectivity index (χ1v) is 9.74. The summed E-state index contributed by atoms with van der Waals surface area (Å²) in [6, 6.07) is 2.89. The Morgan fingerprint density at radius 2 is 1.92 bits per heavy atom. The molecule has 0 saturated heterocycles. The summed E-state index contributed by atoms with van der Waals surface area (Å²) in [4.78, 5) is 8.22. The standard InChI is InChI=1S/C15H19ClN4O3S/c1-11-18-14(19-23-11)15(8-4-2-3-5-9-15)20-24(21,22)12-6-7-13(16)17-10-12/h6-7,10,20H,2-5,8-9H2,1H3. The number of nitrogens with one attached hydrogen (secondary N) is 1. The summed E-state index contributed by atoms with van der Waals surface area (Å²) in [5.74, 6) is 0.813. The molecule has 0 amide bonds. The van der Waals surface area contributed by atoms with Gasteiger partial charge < -0.3 is 4.52 Å². The van der Waals surface area contributed by atoms with Crippen LogP contribution in [0.15, 0.2) is 27.7 Å². The highest BCUT2D eigenvalue weighted by atomic mass is 35.5. The van der Waals surface area contributed by atoms with Gasteiger partial charge in [-0.2, -0.15) is 9.71 Å². The quantitative estimate of drug-likeness (QED) is 0.656. The Morgan fingerprint density at radius 1 is 1.21 bits per heavy atom. The van der Waals surface area contributed by atoms with Crippen LogP contribution in [0.2, 0.25) is 5.15 Å². The lowest BCUT2D eigenvalue weighted by Crippen LogP contribution is -2.46. The van der Waals surface area contributed by atoms with Crippen molar-refractivity contribution in [2.45, 2.75) is 55.9 Å². The molecule has 0 bridgehead atoms. The lowest BCUT2D eigenvalue weighted by Gasteiger charge is -2.30. The molecule has 2 aromatic rings. The molecule has 2 heterocycles. The van der Waals surface area contributed by atoms with Crippen LogP contribution in [0, 0.1) is 6.92 Å². The molecule has 130 valence electrons. The van der Waals surface area contributed by atoms with Crippen molar-refractivity contribution in [3.63, 3.8) is 0 Å². The zero-order valence-electron chi connectivity index (χ0n) is 13.3. The maximum absolute atomic E-state index is 12.8. The maximum atomic E-state index is 12.8. The molecule has 1 saturated carbocycles.